The van der Waals surface area contributed by atoms with Crippen molar-refractivity contribution < 1.29 is 14.1 Å². The van der Waals surface area contributed by atoms with Crippen molar-refractivity contribution in [2.45, 2.75) is 27.0 Å². The average molecular weight is 379 g/mol. The first-order chi connectivity index (χ1) is 13.4. The molecule has 1 aromatic heterocycles. The van der Waals surface area contributed by atoms with Crippen LogP contribution in [0.4, 0.5) is 5.69 Å². The van der Waals surface area contributed by atoms with Crippen LogP contribution in [0.3, 0.4) is 0 Å². The Bertz CT molecular complexity index is 909. The summed E-state index contributed by atoms with van der Waals surface area (Å²) in [7, 11) is 4.00. The van der Waals surface area contributed by atoms with Crippen LogP contribution in [0.25, 0.3) is 0 Å². The minimum atomic E-state index is -0.117. The summed E-state index contributed by atoms with van der Waals surface area (Å²) in [4.78, 5) is 14.4. The molecule has 28 heavy (non-hydrogen) atoms. The summed E-state index contributed by atoms with van der Waals surface area (Å²) in [5, 5.41) is 6.85. The van der Waals surface area contributed by atoms with E-state index in [0.717, 1.165) is 28.3 Å². The second-order valence-corrected chi connectivity index (χ2v) is 6.86. The number of nitrogens with zero attached hydrogens (tertiary/aromatic N) is 2. The fourth-order valence-corrected chi connectivity index (χ4v) is 2.76. The molecule has 0 unspecified atom stereocenters. The summed E-state index contributed by atoms with van der Waals surface area (Å²) < 4.78 is 10.9. The molecule has 1 heterocycles. The predicted octanol–water partition coefficient (Wildman–Crippen LogP) is 3.87. The Hall–Kier alpha value is -3.28. The zero-order chi connectivity index (χ0) is 20.1. The predicted molar refractivity (Wildman–Crippen MR) is 109 cm³/mol. The van der Waals surface area contributed by atoms with Gasteiger partial charge in [-0.25, -0.2) is 0 Å². The van der Waals surface area contributed by atoms with Crippen molar-refractivity contribution in [3.63, 3.8) is 0 Å². The van der Waals surface area contributed by atoms with Gasteiger partial charge in [0.25, 0.3) is 5.91 Å². The number of anilines is 1. The van der Waals surface area contributed by atoms with Crippen molar-refractivity contribution in [1.82, 2.24) is 10.5 Å². The van der Waals surface area contributed by atoms with Crippen molar-refractivity contribution >= 4 is 11.6 Å². The second-order valence-electron chi connectivity index (χ2n) is 6.86. The third-order valence-electron chi connectivity index (χ3n) is 4.59. The van der Waals surface area contributed by atoms with E-state index in [-0.39, 0.29) is 5.91 Å². The summed E-state index contributed by atoms with van der Waals surface area (Å²) in [5.41, 5.74) is 4.55. The maximum Gasteiger partial charge on any atom is 0.251 e. The van der Waals surface area contributed by atoms with Crippen LogP contribution in [-0.4, -0.2) is 25.2 Å². The van der Waals surface area contributed by atoms with E-state index in [1.807, 2.05) is 57.1 Å². The molecule has 0 spiro atoms. The third kappa shape index (κ3) is 4.71. The Morgan fingerprint density at radius 3 is 2.32 bits per heavy atom. The molecular formula is C22H25N3O3. The molecule has 1 N–H and O–H groups in total. The number of amides is 1. The van der Waals surface area contributed by atoms with Crippen LogP contribution in [0.15, 0.2) is 53.1 Å². The number of hydrogen-bond acceptors (Lipinski definition) is 5. The van der Waals surface area contributed by atoms with Crippen molar-refractivity contribution in [2.75, 3.05) is 19.0 Å². The molecule has 0 aliphatic heterocycles. The number of aryl methyl sites for hydroxylation is 2. The van der Waals surface area contributed by atoms with E-state index in [1.165, 1.54) is 0 Å². The van der Waals surface area contributed by atoms with Crippen LogP contribution < -0.4 is 15.0 Å². The van der Waals surface area contributed by atoms with Crippen LogP contribution in [0.2, 0.25) is 0 Å². The first-order valence-electron chi connectivity index (χ1n) is 9.13. The molecule has 0 saturated carbocycles. The van der Waals surface area contributed by atoms with Gasteiger partial charge in [0.2, 0.25) is 0 Å². The molecule has 0 radical (unpaired) electrons. The van der Waals surface area contributed by atoms with Crippen LogP contribution in [0.1, 0.15) is 32.9 Å². The van der Waals surface area contributed by atoms with Crippen LogP contribution in [-0.2, 0) is 13.2 Å². The minimum absolute atomic E-state index is 0.117. The summed E-state index contributed by atoms with van der Waals surface area (Å²) in [5.74, 6) is 1.33. The lowest BCUT2D eigenvalue weighted by Crippen LogP contribution is -2.22. The molecular weight excluding hydrogens is 354 g/mol. The molecule has 3 rings (SSSR count). The van der Waals surface area contributed by atoms with E-state index in [0.29, 0.717) is 24.5 Å². The molecule has 2 aromatic carbocycles. The monoisotopic (exact) mass is 379 g/mol. The van der Waals surface area contributed by atoms with Gasteiger partial charge in [0.1, 0.15) is 18.1 Å². The van der Waals surface area contributed by atoms with E-state index in [2.05, 4.69) is 10.5 Å². The Kier molecular flexibility index (Phi) is 5.99. The number of hydrogen-bond donors (Lipinski definition) is 1. The summed E-state index contributed by atoms with van der Waals surface area (Å²) >= 11 is 0. The van der Waals surface area contributed by atoms with Crippen molar-refractivity contribution in [1.29, 1.82) is 0 Å². The molecule has 1 amide bonds. The molecule has 0 aliphatic carbocycles. The fourth-order valence-electron chi connectivity index (χ4n) is 2.76. The minimum Gasteiger partial charge on any atom is -0.489 e. The Balaban J connectivity index is 1.53. The topological polar surface area (TPSA) is 67.6 Å². The molecule has 0 fully saturated rings. The van der Waals surface area contributed by atoms with Crippen LogP contribution in [0, 0.1) is 13.8 Å². The van der Waals surface area contributed by atoms with Gasteiger partial charge in [0.05, 0.1) is 11.3 Å². The van der Waals surface area contributed by atoms with E-state index >= 15 is 0 Å². The lowest BCUT2D eigenvalue weighted by atomic mass is 10.1. The number of ether oxygens (including phenoxy) is 1. The molecule has 0 aliphatic rings. The fraction of sp³-hybridized carbons (Fsp3) is 0.273. The van der Waals surface area contributed by atoms with Gasteiger partial charge in [-0.1, -0.05) is 17.3 Å². The largest absolute Gasteiger partial charge is 0.489 e. The number of aromatic nitrogens is 1. The molecule has 0 atom stereocenters. The van der Waals surface area contributed by atoms with Gasteiger partial charge in [-0.05, 0) is 55.8 Å². The highest BCUT2D eigenvalue weighted by Gasteiger charge is 2.10. The van der Waals surface area contributed by atoms with Gasteiger partial charge in [-0.2, -0.15) is 0 Å². The molecule has 0 bridgehead atoms. The highest BCUT2D eigenvalue weighted by atomic mass is 16.5. The molecule has 0 saturated heterocycles. The molecule has 6 nitrogen and oxygen atoms in total. The first kappa shape index (κ1) is 19.5. The van der Waals surface area contributed by atoms with Crippen LogP contribution in [0.5, 0.6) is 5.75 Å². The maximum absolute atomic E-state index is 12.4. The van der Waals surface area contributed by atoms with Crippen molar-refractivity contribution in [3.05, 3.63) is 76.7 Å². The quantitative estimate of drug-likeness (QED) is 0.675. The van der Waals surface area contributed by atoms with Gasteiger partial charge in [-0.3, -0.25) is 4.79 Å². The van der Waals surface area contributed by atoms with Gasteiger partial charge in [0, 0.05) is 31.9 Å². The lowest BCUT2D eigenvalue weighted by Gasteiger charge is -2.13. The summed E-state index contributed by atoms with van der Waals surface area (Å²) in [6.45, 7) is 4.61. The van der Waals surface area contributed by atoms with Crippen molar-refractivity contribution in [3.8, 4) is 5.75 Å². The van der Waals surface area contributed by atoms with Gasteiger partial charge >= 0.3 is 0 Å². The molecule has 146 valence electrons. The lowest BCUT2D eigenvalue weighted by molar-refractivity contribution is 0.0951. The standard InChI is InChI=1S/C22H25N3O3/c1-15-21(16(2)28-24-15)14-27-20-11-7-18(8-12-20)22(26)23-13-17-5-9-19(10-6-17)25(3)4/h5-12H,13-14H2,1-4H3,(H,23,26). The zero-order valence-electron chi connectivity index (χ0n) is 16.7. The normalized spacial score (nSPS) is 10.6. The number of carbonyl (C=O) groups excluding carboxylic acids is 1. The van der Waals surface area contributed by atoms with E-state index in [4.69, 9.17) is 9.26 Å². The highest BCUT2D eigenvalue weighted by molar-refractivity contribution is 5.94. The number of benzene rings is 2. The Morgan fingerprint density at radius 1 is 1.07 bits per heavy atom. The van der Waals surface area contributed by atoms with E-state index in [1.54, 1.807) is 24.3 Å². The highest BCUT2D eigenvalue weighted by Crippen LogP contribution is 2.18. The molecule has 6 heteroatoms. The molecule has 3 aromatic rings. The second kappa shape index (κ2) is 8.61. The van der Waals surface area contributed by atoms with E-state index in [9.17, 15) is 4.79 Å². The van der Waals surface area contributed by atoms with Crippen LogP contribution >= 0.6 is 0 Å². The number of carbonyl (C=O) groups is 1. The number of rotatable bonds is 7. The average Bonchev–Trinajstić information content (AvgIpc) is 3.02. The number of nitrogens with one attached hydrogen (secondary N) is 1. The zero-order valence-corrected chi connectivity index (χ0v) is 16.7. The Labute approximate surface area is 165 Å². The maximum atomic E-state index is 12.4. The third-order valence-corrected chi connectivity index (χ3v) is 4.59. The Morgan fingerprint density at radius 2 is 1.75 bits per heavy atom. The summed E-state index contributed by atoms with van der Waals surface area (Å²) in [6, 6.07) is 15.2. The van der Waals surface area contributed by atoms with E-state index < -0.39 is 0 Å². The first-order valence-corrected chi connectivity index (χ1v) is 9.13. The smallest absolute Gasteiger partial charge is 0.251 e. The summed E-state index contributed by atoms with van der Waals surface area (Å²) in [6.07, 6.45) is 0. The van der Waals surface area contributed by atoms with Crippen molar-refractivity contribution in [2.24, 2.45) is 0 Å². The van der Waals surface area contributed by atoms with Gasteiger partial charge in [0.15, 0.2) is 0 Å². The SMILES string of the molecule is Cc1noc(C)c1COc1ccc(C(=O)NCc2ccc(N(C)C)cc2)cc1. The van der Waals surface area contributed by atoms with Gasteiger partial charge in [-0.15, -0.1) is 0 Å². The van der Waals surface area contributed by atoms with Gasteiger partial charge < -0.3 is 19.5 Å².